The molecule has 1 aliphatic rings. The van der Waals surface area contributed by atoms with E-state index in [-0.39, 0.29) is 29.6 Å². The first-order valence-corrected chi connectivity index (χ1v) is 7.11. The molecule has 0 aromatic carbocycles. The minimum atomic E-state index is 0. The van der Waals surface area contributed by atoms with Gasteiger partial charge in [-0.25, -0.2) is 9.97 Å². The van der Waals surface area contributed by atoms with Crippen molar-refractivity contribution < 1.29 is 0 Å². The molecular formula is C12H9Cl2N3NaS. The Morgan fingerprint density at radius 3 is 2.53 bits per heavy atom. The van der Waals surface area contributed by atoms with Crippen molar-refractivity contribution in [2.75, 3.05) is 0 Å². The van der Waals surface area contributed by atoms with Gasteiger partial charge in [0.2, 0.25) is 0 Å². The zero-order valence-corrected chi connectivity index (χ0v) is 14.6. The fourth-order valence-electron chi connectivity index (χ4n) is 1.63. The van der Waals surface area contributed by atoms with E-state index in [9.17, 15) is 0 Å². The van der Waals surface area contributed by atoms with E-state index in [1.54, 1.807) is 12.4 Å². The number of hydrogen-bond acceptors (Lipinski definition) is 4. The van der Waals surface area contributed by atoms with Crippen LogP contribution in [-0.2, 0) is 0 Å². The van der Waals surface area contributed by atoms with Crippen LogP contribution in [0.1, 0.15) is 24.5 Å². The Morgan fingerprint density at radius 2 is 1.89 bits per heavy atom. The molecule has 0 N–H and O–H groups in total. The van der Waals surface area contributed by atoms with E-state index in [2.05, 4.69) is 15.0 Å². The molecule has 1 aliphatic carbocycles. The summed E-state index contributed by atoms with van der Waals surface area (Å²) in [5, 5.41) is 1.90. The van der Waals surface area contributed by atoms with Gasteiger partial charge in [-0.1, -0.05) is 35.0 Å². The van der Waals surface area contributed by atoms with Crippen LogP contribution in [0.3, 0.4) is 0 Å². The molecule has 0 spiro atoms. The molecule has 0 saturated heterocycles. The SMILES string of the molecule is Clc1cnc(Sc2ccnc(C3CC3)c2Cl)cn1.[Na]. The summed E-state index contributed by atoms with van der Waals surface area (Å²) in [6, 6.07) is 1.90. The van der Waals surface area contributed by atoms with Gasteiger partial charge >= 0.3 is 0 Å². The Bertz CT molecular complexity index is 576. The number of rotatable bonds is 3. The molecule has 0 aliphatic heterocycles. The van der Waals surface area contributed by atoms with Crippen molar-refractivity contribution in [2.24, 2.45) is 0 Å². The van der Waals surface area contributed by atoms with E-state index in [0.29, 0.717) is 11.1 Å². The minimum absolute atomic E-state index is 0. The van der Waals surface area contributed by atoms with Crippen molar-refractivity contribution >= 4 is 64.5 Å². The van der Waals surface area contributed by atoms with Gasteiger partial charge in [-0.15, -0.1) is 0 Å². The summed E-state index contributed by atoms with van der Waals surface area (Å²) >= 11 is 13.5. The molecular weight excluding hydrogens is 312 g/mol. The van der Waals surface area contributed by atoms with Crippen LogP contribution < -0.4 is 0 Å². The summed E-state index contributed by atoms with van der Waals surface area (Å²) < 4.78 is 0. The van der Waals surface area contributed by atoms with Crippen molar-refractivity contribution in [1.82, 2.24) is 15.0 Å². The third-order valence-corrected chi connectivity index (χ3v) is 4.34. The fraction of sp³-hybridized carbons (Fsp3) is 0.250. The van der Waals surface area contributed by atoms with E-state index in [0.717, 1.165) is 20.6 Å². The number of hydrogen-bond donors (Lipinski definition) is 0. The average molecular weight is 321 g/mol. The summed E-state index contributed by atoms with van der Waals surface area (Å²) in [5.74, 6) is 0.536. The number of aromatic nitrogens is 3. The maximum Gasteiger partial charge on any atom is 0.147 e. The topological polar surface area (TPSA) is 38.7 Å². The molecule has 0 atom stereocenters. The second kappa shape index (κ2) is 6.74. The van der Waals surface area contributed by atoms with Gasteiger partial charge in [0.15, 0.2) is 0 Å². The Kier molecular flexibility index (Phi) is 5.52. The first-order valence-electron chi connectivity index (χ1n) is 5.54. The molecule has 93 valence electrons. The van der Waals surface area contributed by atoms with Crippen molar-refractivity contribution in [3.63, 3.8) is 0 Å². The molecule has 2 aromatic heterocycles. The molecule has 3 nitrogen and oxygen atoms in total. The number of pyridine rings is 1. The molecule has 0 amide bonds. The number of nitrogens with zero attached hydrogens (tertiary/aromatic N) is 3. The predicted molar refractivity (Wildman–Crippen MR) is 78.1 cm³/mol. The van der Waals surface area contributed by atoms with E-state index in [1.165, 1.54) is 30.8 Å². The van der Waals surface area contributed by atoms with Crippen LogP contribution in [0.4, 0.5) is 0 Å². The standard InChI is InChI=1S/C12H9Cl2N3S.Na/c13-9-5-17-10(6-16-9)18-8-3-4-15-12(11(8)14)7-1-2-7;/h3-7H,1-2H2;. The van der Waals surface area contributed by atoms with Gasteiger partial charge in [-0.3, -0.25) is 4.98 Å². The van der Waals surface area contributed by atoms with Gasteiger partial charge < -0.3 is 0 Å². The molecule has 3 rings (SSSR count). The molecule has 2 heterocycles. The van der Waals surface area contributed by atoms with E-state index >= 15 is 0 Å². The Hall–Kier alpha value is 0.160. The molecule has 1 fully saturated rings. The summed E-state index contributed by atoms with van der Waals surface area (Å²) in [7, 11) is 0. The Balaban J connectivity index is 0.00000133. The van der Waals surface area contributed by atoms with Crippen LogP contribution in [0.5, 0.6) is 0 Å². The van der Waals surface area contributed by atoms with Crippen molar-refractivity contribution in [3.8, 4) is 0 Å². The van der Waals surface area contributed by atoms with Crippen molar-refractivity contribution in [3.05, 3.63) is 40.5 Å². The summed E-state index contributed by atoms with van der Waals surface area (Å²) in [6.07, 6.45) is 7.33. The maximum absolute atomic E-state index is 6.37. The zero-order valence-electron chi connectivity index (χ0n) is 10.3. The largest absolute Gasteiger partial charge is 0.259 e. The van der Waals surface area contributed by atoms with Gasteiger partial charge in [0.1, 0.15) is 10.2 Å². The van der Waals surface area contributed by atoms with Crippen LogP contribution in [0, 0.1) is 0 Å². The van der Waals surface area contributed by atoms with Crippen LogP contribution in [0.2, 0.25) is 10.2 Å². The third-order valence-electron chi connectivity index (χ3n) is 2.66. The summed E-state index contributed by atoms with van der Waals surface area (Å²) in [5.41, 5.74) is 1.00. The van der Waals surface area contributed by atoms with Crippen LogP contribution in [-0.4, -0.2) is 44.5 Å². The monoisotopic (exact) mass is 320 g/mol. The Morgan fingerprint density at radius 1 is 1.11 bits per heavy atom. The summed E-state index contributed by atoms with van der Waals surface area (Å²) in [4.78, 5) is 13.5. The second-order valence-electron chi connectivity index (χ2n) is 4.06. The first-order chi connectivity index (χ1) is 8.74. The van der Waals surface area contributed by atoms with Crippen molar-refractivity contribution in [1.29, 1.82) is 0 Å². The molecule has 19 heavy (non-hydrogen) atoms. The molecule has 1 saturated carbocycles. The zero-order chi connectivity index (χ0) is 12.5. The summed E-state index contributed by atoms with van der Waals surface area (Å²) in [6.45, 7) is 0. The van der Waals surface area contributed by atoms with E-state index < -0.39 is 0 Å². The van der Waals surface area contributed by atoms with Crippen LogP contribution in [0.25, 0.3) is 0 Å². The van der Waals surface area contributed by atoms with Gasteiger partial charge in [0.25, 0.3) is 0 Å². The fourth-order valence-corrected chi connectivity index (χ4v) is 2.87. The normalized spacial score (nSPS) is 14.0. The van der Waals surface area contributed by atoms with Gasteiger partial charge in [-0.2, -0.15) is 0 Å². The Labute approximate surface area is 147 Å². The average Bonchev–Trinajstić information content (AvgIpc) is 3.19. The van der Waals surface area contributed by atoms with Crippen LogP contribution in [0.15, 0.2) is 34.6 Å². The third kappa shape index (κ3) is 3.84. The number of halogens is 2. The van der Waals surface area contributed by atoms with Gasteiger partial charge in [0.05, 0.1) is 23.1 Å². The second-order valence-corrected chi connectivity index (χ2v) is 5.89. The van der Waals surface area contributed by atoms with Crippen LogP contribution >= 0.6 is 35.0 Å². The molecule has 0 unspecified atom stereocenters. The molecule has 7 heteroatoms. The predicted octanol–water partition coefficient (Wildman–Crippen LogP) is 3.83. The van der Waals surface area contributed by atoms with Crippen molar-refractivity contribution in [2.45, 2.75) is 28.7 Å². The minimum Gasteiger partial charge on any atom is -0.259 e. The van der Waals surface area contributed by atoms with Gasteiger partial charge in [0, 0.05) is 46.6 Å². The quantitative estimate of drug-likeness (QED) is 0.806. The first kappa shape index (κ1) is 15.5. The molecule has 1 radical (unpaired) electrons. The molecule has 0 bridgehead atoms. The van der Waals surface area contributed by atoms with Gasteiger partial charge in [-0.05, 0) is 18.9 Å². The maximum atomic E-state index is 6.37. The van der Waals surface area contributed by atoms with E-state index in [4.69, 9.17) is 23.2 Å². The molecule has 2 aromatic rings. The van der Waals surface area contributed by atoms with E-state index in [1.807, 2.05) is 6.07 Å². The smallest absolute Gasteiger partial charge is 0.147 e.